The standard InChI is InChI=1S/C9H15N3O/c1-4-7(10-2)8-5-6-9(13-3)12-11-8/h5-7,10H,4H2,1-3H3. The molecule has 0 saturated heterocycles. The summed E-state index contributed by atoms with van der Waals surface area (Å²) in [7, 11) is 3.50. The van der Waals surface area contributed by atoms with Crippen LogP contribution in [0.25, 0.3) is 0 Å². The number of nitrogens with one attached hydrogen (secondary N) is 1. The molecule has 1 aromatic rings. The normalized spacial score (nSPS) is 12.5. The Kier molecular flexibility index (Phi) is 3.64. The molecule has 1 N–H and O–H groups in total. The second-order valence-electron chi connectivity index (χ2n) is 2.75. The first kappa shape index (κ1) is 9.92. The summed E-state index contributed by atoms with van der Waals surface area (Å²) in [6.07, 6.45) is 0.998. The summed E-state index contributed by atoms with van der Waals surface area (Å²) in [4.78, 5) is 0. The third-order valence-corrected chi connectivity index (χ3v) is 1.98. The topological polar surface area (TPSA) is 47.0 Å². The summed E-state index contributed by atoms with van der Waals surface area (Å²) in [5, 5.41) is 11.1. The molecule has 0 saturated carbocycles. The van der Waals surface area contributed by atoms with Gasteiger partial charge in [-0.05, 0) is 19.5 Å². The van der Waals surface area contributed by atoms with E-state index in [1.54, 1.807) is 7.11 Å². The Morgan fingerprint density at radius 3 is 2.62 bits per heavy atom. The van der Waals surface area contributed by atoms with Crippen LogP contribution in [0.4, 0.5) is 0 Å². The van der Waals surface area contributed by atoms with Crippen molar-refractivity contribution >= 4 is 0 Å². The second kappa shape index (κ2) is 4.77. The van der Waals surface area contributed by atoms with Crippen molar-refractivity contribution in [3.8, 4) is 5.88 Å². The van der Waals surface area contributed by atoms with E-state index in [-0.39, 0.29) is 6.04 Å². The molecule has 4 heteroatoms. The maximum Gasteiger partial charge on any atom is 0.233 e. The summed E-state index contributed by atoms with van der Waals surface area (Å²) in [6, 6.07) is 4.03. The molecule has 0 bridgehead atoms. The lowest BCUT2D eigenvalue weighted by Gasteiger charge is -2.11. The Balaban J connectivity index is 2.78. The third-order valence-electron chi connectivity index (χ3n) is 1.98. The van der Waals surface area contributed by atoms with Crippen molar-refractivity contribution in [1.82, 2.24) is 15.5 Å². The number of aromatic nitrogens is 2. The minimum atomic E-state index is 0.276. The zero-order valence-corrected chi connectivity index (χ0v) is 8.24. The number of methoxy groups -OCH3 is 1. The van der Waals surface area contributed by atoms with Crippen LogP contribution in [0.3, 0.4) is 0 Å². The number of rotatable bonds is 4. The monoisotopic (exact) mass is 181 g/mol. The maximum absolute atomic E-state index is 4.92. The van der Waals surface area contributed by atoms with Gasteiger partial charge in [0.2, 0.25) is 5.88 Å². The molecule has 4 nitrogen and oxygen atoms in total. The zero-order chi connectivity index (χ0) is 9.68. The highest BCUT2D eigenvalue weighted by molar-refractivity contribution is 5.13. The number of nitrogens with zero attached hydrogens (tertiary/aromatic N) is 2. The van der Waals surface area contributed by atoms with Crippen LogP contribution in [0.15, 0.2) is 12.1 Å². The molecule has 72 valence electrons. The molecule has 0 aliphatic heterocycles. The molecule has 0 aliphatic rings. The minimum absolute atomic E-state index is 0.276. The highest BCUT2D eigenvalue weighted by Crippen LogP contribution is 2.13. The summed E-state index contributed by atoms with van der Waals surface area (Å²) in [5.41, 5.74) is 0.950. The molecule has 0 aromatic carbocycles. The van der Waals surface area contributed by atoms with Gasteiger partial charge in [0.1, 0.15) is 0 Å². The van der Waals surface area contributed by atoms with E-state index >= 15 is 0 Å². The fourth-order valence-electron chi connectivity index (χ4n) is 1.19. The molecular formula is C9H15N3O. The highest BCUT2D eigenvalue weighted by atomic mass is 16.5. The van der Waals surface area contributed by atoms with Crippen molar-refractivity contribution in [3.63, 3.8) is 0 Å². The summed E-state index contributed by atoms with van der Waals surface area (Å²) in [6.45, 7) is 2.10. The van der Waals surface area contributed by atoms with Crippen molar-refractivity contribution < 1.29 is 4.74 Å². The molecule has 0 spiro atoms. The maximum atomic E-state index is 4.92. The largest absolute Gasteiger partial charge is 0.480 e. The molecule has 13 heavy (non-hydrogen) atoms. The first-order chi connectivity index (χ1) is 6.31. The van der Waals surface area contributed by atoms with Gasteiger partial charge in [0.15, 0.2) is 0 Å². The van der Waals surface area contributed by atoms with Gasteiger partial charge in [-0.2, -0.15) is 5.10 Å². The molecule has 1 heterocycles. The van der Waals surface area contributed by atoms with E-state index in [1.165, 1.54) is 0 Å². The van der Waals surface area contributed by atoms with E-state index in [4.69, 9.17) is 4.74 Å². The molecule has 1 rings (SSSR count). The number of hydrogen-bond donors (Lipinski definition) is 1. The lowest BCUT2D eigenvalue weighted by molar-refractivity contribution is 0.389. The molecule has 0 fully saturated rings. The fourth-order valence-corrected chi connectivity index (χ4v) is 1.19. The summed E-state index contributed by atoms with van der Waals surface area (Å²) < 4.78 is 4.92. The molecule has 1 atom stereocenters. The third kappa shape index (κ3) is 2.39. The Labute approximate surface area is 78.3 Å². The van der Waals surface area contributed by atoms with Crippen LogP contribution in [-0.2, 0) is 0 Å². The number of ether oxygens (including phenoxy) is 1. The van der Waals surface area contributed by atoms with Crippen LogP contribution in [0.5, 0.6) is 5.88 Å². The van der Waals surface area contributed by atoms with Crippen molar-refractivity contribution in [2.75, 3.05) is 14.2 Å². The van der Waals surface area contributed by atoms with E-state index in [2.05, 4.69) is 22.4 Å². The van der Waals surface area contributed by atoms with Crippen LogP contribution in [0.1, 0.15) is 25.1 Å². The van der Waals surface area contributed by atoms with Crippen LogP contribution in [0.2, 0.25) is 0 Å². The molecule has 0 radical (unpaired) electrons. The van der Waals surface area contributed by atoms with Gasteiger partial charge in [-0.3, -0.25) is 0 Å². The van der Waals surface area contributed by atoms with Crippen LogP contribution in [0, 0.1) is 0 Å². The van der Waals surface area contributed by atoms with Crippen LogP contribution >= 0.6 is 0 Å². The fraction of sp³-hybridized carbons (Fsp3) is 0.556. The van der Waals surface area contributed by atoms with Gasteiger partial charge in [-0.1, -0.05) is 6.92 Å². The average molecular weight is 181 g/mol. The Morgan fingerprint density at radius 1 is 1.46 bits per heavy atom. The summed E-state index contributed by atoms with van der Waals surface area (Å²) in [5.74, 6) is 0.551. The SMILES string of the molecule is CCC(NC)c1ccc(OC)nn1. The van der Waals surface area contributed by atoms with Crippen LogP contribution in [-0.4, -0.2) is 24.4 Å². The van der Waals surface area contributed by atoms with E-state index in [0.29, 0.717) is 5.88 Å². The van der Waals surface area contributed by atoms with Gasteiger partial charge in [0, 0.05) is 6.07 Å². The van der Waals surface area contributed by atoms with E-state index in [9.17, 15) is 0 Å². The van der Waals surface area contributed by atoms with E-state index in [0.717, 1.165) is 12.1 Å². The van der Waals surface area contributed by atoms with Gasteiger partial charge >= 0.3 is 0 Å². The van der Waals surface area contributed by atoms with Gasteiger partial charge in [0.25, 0.3) is 0 Å². The lowest BCUT2D eigenvalue weighted by Crippen LogP contribution is -2.16. The van der Waals surface area contributed by atoms with Crippen molar-refractivity contribution in [2.24, 2.45) is 0 Å². The van der Waals surface area contributed by atoms with Crippen molar-refractivity contribution in [3.05, 3.63) is 17.8 Å². The predicted molar refractivity (Wildman–Crippen MR) is 50.7 cm³/mol. The minimum Gasteiger partial charge on any atom is -0.480 e. The zero-order valence-electron chi connectivity index (χ0n) is 8.24. The smallest absolute Gasteiger partial charge is 0.233 e. The van der Waals surface area contributed by atoms with Gasteiger partial charge in [0.05, 0.1) is 18.8 Å². The Bertz CT molecular complexity index is 244. The highest BCUT2D eigenvalue weighted by Gasteiger charge is 2.08. The predicted octanol–water partition coefficient (Wildman–Crippen LogP) is 1.16. The molecule has 0 amide bonds. The van der Waals surface area contributed by atoms with Crippen molar-refractivity contribution in [1.29, 1.82) is 0 Å². The van der Waals surface area contributed by atoms with Crippen LogP contribution < -0.4 is 10.1 Å². The van der Waals surface area contributed by atoms with E-state index < -0.39 is 0 Å². The first-order valence-corrected chi connectivity index (χ1v) is 4.36. The number of hydrogen-bond acceptors (Lipinski definition) is 4. The second-order valence-corrected chi connectivity index (χ2v) is 2.75. The van der Waals surface area contributed by atoms with Gasteiger partial charge < -0.3 is 10.1 Å². The molecular weight excluding hydrogens is 166 g/mol. The average Bonchev–Trinajstić information content (AvgIpc) is 2.21. The Morgan fingerprint density at radius 2 is 2.23 bits per heavy atom. The van der Waals surface area contributed by atoms with Crippen molar-refractivity contribution in [2.45, 2.75) is 19.4 Å². The quantitative estimate of drug-likeness (QED) is 0.757. The van der Waals surface area contributed by atoms with E-state index in [1.807, 2.05) is 19.2 Å². The first-order valence-electron chi connectivity index (χ1n) is 4.36. The molecule has 0 aliphatic carbocycles. The molecule has 1 unspecified atom stereocenters. The summed E-state index contributed by atoms with van der Waals surface area (Å²) >= 11 is 0. The lowest BCUT2D eigenvalue weighted by atomic mass is 10.1. The van der Waals surface area contributed by atoms with Gasteiger partial charge in [-0.15, -0.1) is 5.10 Å². The Hall–Kier alpha value is -1.16. The van der Waals surface area contributed by atoms with Gasteiger partial charge in [-0.25, -0.2) is 0 Å². The molecule has 1 aromatic heterocycles.